The molecule has 0 bridgehead atoms. The normalized spacial score (nSPS) is 12.8. The van der Waals surface area contributed by atoms with Crippen LogP contribution in [0.15, 0.2) is 40.9 Å². The molecule has 1 aliphatic carbocycles. The number of benzene rings is 1. The van der Waals surface area contributed by atoms with Crippen LogP contribution in [0, 0.1) is 13.8 Å². The molecule has 6 heteroatoms. The monoisotopic (exact) mass is 348 g/mol. The highest BCUT2D eigenvalue weighted by Crippen LogP contribution is 2.26. The molecule has 0 fully saturated rings. The van der Waals surface area contributed by atoms with Crippen LogP contribution in [0.1, 0.15) is 34.7 Å². The van der Waals surface area contributed by atoms with Gasteiger partial charge in [0.1, 0.15) is 5.76 Å². The van der Waals surface area contributed by atoms with Crippen LogP contribution in [0.5, 0.6) is 0 Å². The van der Waals surface area contributed by atoms with Crippen LogP contribution in [-0.2, 0) is 17.6 Å². The lowest BCUT2D eigenvalue weighted by atomic mass is 10.1. The summed E-state index contributed by atoms with van der Waals surface area (Å²) in [6, 6.07) is 9.88. The Balaban J connectivity index is 1.44. The molecule has 0 atom stereocenters. The fourth-order valence-corrected chi connectivity index (χ4v) is 3.20. The summed E-state index contributed by atoms with van der Waals surface area (Å²) in [6.07, 6.45) is 6.06. The number of hydrogen-bond donors (Lipinski definition) is 1. The second-order valence-corrected chi connectivity index (χ2v) is 6.54. The van der Waals surface area contributed by atoms with Gasteiger partial charge < -0.3 is 9.84 Å². The van der Waals surface area contributed by atoms with Gasteiger partial charge in [-0.3, -0.25) is 4.79 Å². The van der Waals surface area contributed by atoms with Crippen LogP contribution in [0.2, 0.25) is 0 Å². The zero-order valence-corrected chi connectivity index (χ0v) is 14.8. The molecule has 1 aromatic carbocycles. The smallest absolute Gasteiger partial charge is 0.230 e. The number of rotatable bonds is 4. The SMILES string of the molecule is Cc1cc(C)n(-c2ccc(CC(=O)Nc3noc4c3C=CCC4)cc2)n1. The van der Waals surface area contributed by atoms with Gasteiger partial charge in [0.15, 0.2) is 5.82 Å². The average Bonchev–Trinajstić information content (AvgIpc) is 3.18. The molecule has 1 amide bonds. The Bertz CT molecular complexity index is 980. The molecule has 2 heterocycles. The number of anilines is 1. The van der Waals surface area contributed by atoms with E-state index in [-0.39, 0.29) is 12.3 Å². The second kappa shape index (κ2) is 6.63. The van der Waals surface area contributed by atoms with Crippen molar-refractivity contribution in [1.29, 1.82) is 0 Å². The number of allylic oxidation sites excluding steroid dienone is 1. The molecule has 2 aromatic heterocycles. The van der Waals surface area contributed by atoms with Crippen molar-refractivity contribution in [2.75, 3.05) is 5.32 Å². The lowest BCUT2D eigenvalue weighted by Crippen LogP contribution is -2.15. The molecule has 6 nitrogen and oxygen atoms in total. The summed E-state index contributed by atoms with van der Waals surface area (Å²) in [5, 5.41) is 11.3. The fourth-order valence-electron chi connectivity index (χ4n) is 3.20. The molecule has 1 aliphatic rings. The van der Waals surface area contributed by atoms with E-state index >= 15 is 0 Å². The minimum Gasteiger partial charge on any atom is -0.359 e. The Hall–Kier alpha value is -3.15. The first-order valence-electron chi connectivity index (χ1n) is 8.67. The van der Waals surface area contributed by atoms with Gasteiger partial charge in [0.2, 0.25) is 5.91 Å². The van der Waals surface area contributed by atoms with Crippen molar-refractivity contribution in [2.45, 2.75) is 33.1 Å². The molecule has 0 radical (unpaired) electrons. The average molecular weight is 348 g/mol. The number of nitrogens with zero attached hydrogens (tertiary/aromatic N) is 3. The third kappa shape index (κ3) is 3.18. The quantitative estimate of drug-likeness (QED) is 0.781. The zero-order chi connectivity index (χ0) is 18.1. The van der Waals surface area contributed by atoms with Gasteiger partial charge in [-0.05, 0) is 44.0 Å². The Morgan fingerprint density at radius 1 is 1.27 bits per heavy atom. The second-order valence-electron chi connectivity index (χ2n) is 6.54. The Labute approximate surface area is 151 Å². The van der Waals surface area contributed by atoms with Gasteiger partial charge in [0.05, 0.1) is 23.4 Å². The van der Waals surface area contributed by atoms with E-state index in [0.717, 1.165) is 46.8 Å². The molecule has 0 spiro atoms. The van der Waals surface area contributed by atoms with Gasteiger partial charge in [-0.15, -0.1) is 0 Å². The number of aryl methyl sites for hydroxylation is 3. The number of amides is 1. The summed E-state index contributed by atoms with van der Waals surface area (Å²) < 4.78 is 7.19. The molecule has 4 rings (SSSR count). The molecular formula is C20H20N4O2. The van der Waals surface area contributed by atoms with Gasteiger partial charge >= 0.3 is 0 Å². The molecule has 0 saturated carbocycles. The van der Waals surface area contributed by atoms with Gasteiger partial charge in [0.25, 0.3) is 0 Å². The van der Waals surface area contributed by atoms with Crippen LogP contribution in [0.4, 0.5) is 5.82 Å². The maximum absolute atomic E-state index is 12.3. The number of fused-ring (bicyclic) bond motifs is 1. The third-order valence-electron chi connectivity index (χ3n) is 4.44. The standard InChI is InChI=1S/C20H20N4O2/c1-13-11-14(2)24(22-13)16-9-7-15(8-10-16)12-19(25)21-20-17-5-3-4-6-18(17)26-23-20/h3,5,7-11H,4,6,12H2,1-2H3,(H,21,23,25). The summed E-state index contributed by atoms with van der Waals surface area (Å²) in [4.78, 5) is 12.3. The van der Waals surface area contributed by atoms with E-state index in [2.05, 4.69) is 21.6 Å². The van der Waals surface area contributed by atoms with Crippen LogP contribution >= 0.6 is 0 Å². The van der Waals surface area contributed by atoms with Crippen LogP contribution < -0.4 is 5.32 Å². The number of hydrogen-bond acceptors (Lipinski definition) is 4. The van der Waals surface area contributed by atoms with E-state index in [4.69, 9.17) is 4.52 Å². The molecule has 0 aliphatic heterocycles. The molecule has 1 N–H and O–H groups in total. The predicted octanol–water partition coefficient (Wildman–Crippen LogP) is 3.62. The summed E-state index contributed by atoms with van der Waals surface area (Å²) in [5.41, 5.74) is 4.86. The number of nitrogens with one attached hydrogen (secondary N) is 1. The highest BCUT2D eigenvalue weighted by atomic mass is 16.5. The molecule has 132 valence electrons. The molecule has 26 heavy (non-hydrogen) atoms. The van der Waals surface area contributed by atoms with Gasteiger partial charge in [-0.2, -0.15) is 5.10 Å². The number of aromatic nitrogens is 3. The van der Waals surface area contributed by atoms with Crippen molar-refractivity contribution in [3.63, 3.8) is 0 Å². The van der Waals surface area contributed by atoms with Crippen molar-refractivity contribution in [3.8, 4) is 5.69 Å². The van der Waals surface area contributed by atoms with Crippen LogP contribution in [0.3, 0.4) is 0 Å². The first kappa shape index (κ1) is 16.3. The minimum absolute atomic E-state index is 0.112. The van der Waals surface area contributed by atoms with E-state index < -0.39 is 0 Å². The van der Waals surface area contributed by atoms with E-state index in [0.29, 0.717) is 5.82 Å². The maximum atomic E-state index is 12.3. The summed E-state index contributed by atoms with van der Waals surface area (Å²) in [6.45, 7) is 3.99. The number of carbonyl (C=O) groups is 1. The lowest BCUT2D eigenvalue weighted by Gasteiger charge is -2.07. The number of carbonyl (C=O) groups excluding carboxylic acids is 1. The van der Waals surface area contributed by atoms with Crippen molar-refractivity contribution >= 4 is 17.8 Å². The zero-order valence-electron chi connectivity index (χ0n) is 14.8. The highest BCUT2D eigenvalue weighted by molar-refractivity contribution is 5.93. The largest absolute Gasteiger partial charge is 0.359 e. The summed E-state index contributed by atoms with van der Waals surface area (Å²) in [5.74, 6) is 1.22. The Morgan fingerprint density at radius 3 is 2.81 bits per heavy atom. The first-order chi connectivity index (χ1) is 12.6. The fraction of sp³-hybridized carbons (Fsp3) is 0.250. The lowest BCUT2D eigenvalue weighted by molar-refractivity contribution is -0.115. The van der Waals surface area contributed by atoms with Crippen molar-refractivity contribution in [3.05, 3.63) is 64.7 Å². The van der Waals surface area contributed by atoms with Gasteiger partial charge in [-0.25, -0.2) is 4.68 Å². The summed E-state index contributed by atoms with van der Waals surface area (Å²) in [7, 11) is 0. The maximum Gasteiger partial charge on any atom is 0.230 e. The minimum atomic E-state index is -0.112. The highest BCUT2D eigenvalue weighted by Gasteiger charge is 2.17. The molecular weight excluding hydrogens is 328 g/mol. The van der Waals surface area contributed by atoms with E-state index in [1.807, 2.05) is 54.9 Å². The van der Waals surface area contributed by atoms with Crippen molar-refractivity contribution in [2.24, 2.45) is 0 Å². The van der Waals surface area contributed by atoms with Gasteiger partial charge in [-0.1, -0.05) is 29.4 Å². The predicted molar refractivity (Wildman–Crippen MR) is 99.2 cm³/mol. The van der Waals surface area contributed by atoms with Crippen molar-refractivity contribution < 1.29 is 9.32 Å². The molecule has 3 aromatic rings. The Kier molecular flexibility index (Phi) is 4.16. The summed E-state index contributed by atoms with van der Waals surface area (Å²) >= 11 is 0. The van der Waals surface area contributed by atoms with E-state index in [1.54, 1.807) is 0 Å². The third-order valence-corrected chi connectivity index (χ3v) is 4.44. The molecule has 0 saturated heterocycles. The van der Waals surface area contributed by atoms with E-state index in [1.165, 1.54) is 0 Å². The van der Waals surface area contributed by atoms with E-state index in [9.17, 15) is 4.79 Å². The van der Waals surface area contributed by atoms with Gasteiger partial charge in [0, 0.05) is 12.1 Å². The van der Waals surface area contributed by atoms with Crippen LogP contribution in [-0.4, -0.2) is 20.8 Å². The van der Waals surface area contributed by atoms with Crippen LogP contribution in [0.25, 0.3) is 11.8 Å². The van der Waals surface area contributed by atoms with Crippen molar-refractivity contribution in [1.82, 2.24) is 14.9 Å². The molecule has 0 unspecified atom stereocenters. The topological polar surface area (TPSA) is 73.0 Å². The first-order valence-corrected chi connectivity index (χ1v) is 8.67. The Morgan fingerprint density at radius 2 is 2.08 bits per heavy atom.